The minimum absolute atomic E-state index is 0.0463. The molecular weight excluding hydrogens is 254 g/mol. The highest BCUT2D eigenvalue weighted by Gasteiger charge is 2.35. The first-order chi connectivity index (χ1) is 9.56. The van der Waals surface area contributed by atoms with Crippen LogP contribution in [0.4, 0.5) is 0 Å². The van der Waals surface area contributed by atoms with Gasteiger partial charge < -0.3 is 10.0 Å². The van der Waals surface area contributed by atoms with E-state index in [2.05, 4.69) is 13.8 Å². The van der Waals surface area contributed by atoms with Gasteiger partial charge in [0.15, 0.2) is 0 Å². The van der Waals surface area contributed by atoms with Crippen molar-refractivity contribution >= 4 is 11.9 Å². The Kier molecular flexibility index (Phi) is 7.63. The zero-order valence-electron chi connectivity index (χ0n) is 12.9. The molecule has 4 nitrogen and oxygen atoms in total. The van der Waals surface area contributed by atoms with Crippen molar-refractivity contribution in [3.63, 3.8) is 0 Å². The van der Waals surface area contributed by atoms with E-state index >= 15 is 0 Å². The molecule has 1 aliphatic heterocycles. The smallest absolute Gasteiger partial charge is 0.323 e. The van der Waals surface area contributed by atoms with Gasteiger partial charge in [-0.3, -0.25) is 9.59 Å². The largest absolute Gasteiger partial charge is 0.480 e. The van der Waals surface area contributed by atoms with Crippen molar-refractivity contribution in [2.24, 2.45) is 11.8 Å². The molecule has 1 amide bonds. The molecule has 0 aliphatic carbocycles. The molecule has 116 valence electrons. The number of aliphatic carboxylic acids is 1. The fraction of sp³-hybridized carbons (Fsp3) is 0.875. The van der Waals surface area contributed by atoms with Gasteiger partial charge in [-0.25, -0.2) is 0 Å². The van der Waals surface area contributed by atoms with E-state index in [1.807, 2.05) is 0 Å². The maximum absolute atomic E-state index is 12.1. The van der Waals surface area contributed by atoms with Crippen LogP contribution in [0.2, 0.25) is 0 Å². The molecule has 1 N–H and O–H groups in total. The normalized spacial score (nSPS) is 20.4. The van der Waals surface area contributed by atoms with Gasteiger partial charge in [0.05, 0.1) is 0 Å². The Morgan fingerprint density at radius 1 is 1.30 bits per heavy atom. The molecular formula is C16H29NO3. The second kappa shape index (κ2) is 8.98. The summed E-state index contributed by atoms with van der Waals surface area (Å²) < 4.78 is 0. The van der Waals surface area contributed by atoms with Crippen LogP contribution >= 0.6 is 0 Å². The van der Waals surface area contributed by atoms with E-state index in [1.54, 1.807) is 0 Å². The van der Waals surface area contributed by atoms with Crippen molar-refractivity contribution in [3.8, 4) is 0 Å². The van der Waals surface area contributed by atoms with Crippen molar-refractivity contribution in [3.05, 3.63) is 0 Å². The van der Waals surface area contributed by atoms with Crippen LogP contribution in [-0.4, -0.2) is 35.0 Å². The molecule has 1 saturated heterocycles. The van der Waals surface area contributed by atoms with Gasteiger partial charge in [-0.05, 0) is 18.8 Å². The molecule has 0 aromatic carbocycles. The van der Waals surface area contributed by atoms with Crippen molar-refractivity contribution in [1.82, 2.24) is 4.90 Å². The molecule has 1 heterocycles. The molecule has 0 aromatic rings. The number of amides is 1. The Hall–Kier alpha value is -1.06. The fourth-order valence-electron chi connectivity index (χ4n) is 3.06. The van der Waals surface area contributed by atoms with Gasteiger partial charge >= 0.3 is 5.97 Å². The number of carbonyl (C=O) groups is 2. The number of likely N-dealkylation sites (tertiary alicyclic amines) is 1. The van der Waals surface area contributed by atoms with Crippen LogP contribution in [0.15, 0.2) is 0 Å². The first-order valence-electron chi connectivity index (χ1n) is 8.06. The zero-order valence-corrected chi connectivity index (χ0v) is 12.9. The van der Waals surface area contributed by atoms with Gasteiger partial charge in [0.25, 0.3) is 0 Å². The Morgan fingerprint density at radius 2 is 1.95 bits per heavy atom. The van der Waals surface area contributed by atoms with E-state index in [0.29, 0.717) is 12.5 Å². The standard InChI is InChI=1S/C16H29NO3/c1-3-4-5-6-7-8-9-13(2)14-10-11-17(16(14)20)12-15(18)19/h13-14H,3-12H2,1-2H3,(H,18,19). The molecule has 1 fully saturated rings. The number of carboxylic acids is 1. The van der Waals surface area contributed by atoms with Gasteiger partial charge in [0, 0.05) is 12.5 Å². The highest BCUT2D eigenvalue weighted by Crippen LogP contribution is 2.29. The number of hydrogen-bond acceptors (Lipinski definition) is 2. The monoisotopic (exact) mass is 283 g/mol. The Morgan fingerprint density at radius 3 is 2.60 bits per heavy atom. The third kappa shape index (κ3) is 5.51. The van der Waals surface area contributed by atoms with Crippen LogP contribution in [0.1, 0.15) is 65.2 Å². The maximum atomic E-state index is 12.1. The van der Waals surface area contributed by atoms with Crippen molar-refractivity contribution in [2.45, 2.75) is 65.2 Å². The summed E-state index contributed by atoms with van der Waals surface area (Å²) in [6.45, 7) is 4.82. The number of carboxylic acid groups (broad SMARTS) is 1. The van der Waals surface area contributed by atoms with Crippen LogP contribution in [0.25, 0.3) is 0 Å². The first-order valence-corrected chi connectivity index (χ1v) is 8.06. The molecule has 4 heteroatoms. The van der Waals surface area contributed by atoms with Crippen molar-refractivity contribution in [1.29, 1.82) is 0 Å². The highest BCUT2D eigenvalue weighted by atomic mass is 16.4. The van der Waals surface area contributed by atoms with Gasteiger partial charge in [0.2, 0.25) is 5.91 Å². The molecule has 0 saturated carbocycles. The third-order valence-electron chi connectivity index (χ3n) is 4.36. The summed E-state index contributed by atoms with van der Waals surface area (Å²) in [7, 11) is 0. The average Bonchev–Trinajstić information content (AvgIpc) is 2.74. The number of unbranched alkanes of at least 4 members (excludes halogenated alkanes) is 5. The van der Waals surface area contributed by atoms with E-state index in [1.165, 1.54) is 43.4 Å². The molecule has 0 spiro atoms. The Labute approximate surface area is 122 Å². The number of hydrogen-bond donors (Lipinski definition) is 1. The topological polar surface area (TPSA) is 57.6 Å². The third-order valence-corrected chi connectivity index (χ3v) is 4.36. The van der Waals surface area contributed by atoms with E-state index < -0.39 is 5.97 Å². The second-order valence-electron chi connectivity index (χ2n) is 6.08. The quantitative estimate of drug-likeness (QED) is 0.626. The van der Waals surface area contributed by atoms with Crippen molar-refractivity contribution in [2.75, 3.05) is 13.1 Å². The zero-order chi connectivity index (χ0) is 15.0. The van der Waals surface area contributed by atoms with E-state index in [-0.39, 0.29) is 18.4 Å². The summed E-state index contributed by atoms with van der Waals surface area (Å²) in [5.41, 5.74) is 0. The predicted molar refractivity (Wildman–Crippen MR) is 79.5 cm³/mol. The van der Waals surface area contributed by atoms with E-state index in [0.717, 1.165) is 12.8 Å². The van der Waals surface area contributed by atoms with E-state index in [9.17, 15) is 9.59 Å². The van der Waals surface area contributed by atoms with Crippen molar-refractivity contribution < 1.29 is 14.7 Å². The molecule has 1 rings (SSSR count). The van der Waals surface area contributed by atoms with Gasteiger partial charge in [-0.15, -0.1) is 0 Å². The Balaban J connectivity index is 2.21. The molecule has 20 heavy (non-hydrogen) atoms. The van der Waals surface area contributed by atoms with E-state index in [4.69, 9.17) is 5.11 Å². The van der Waals surface area contributed by atoms with Crippen LogP contribution in [-0.2, 0) is 9.59 Å². The highest BCUT2D eigenvalue weighted by molar-refractivity contribution is 5.84. The van der Waals surface area contributed by atoms with Crippen LogP contribution in [0.3, 0.4) is 0 Å². The molecule has 2 unspecified atom stereocenters. The van der Waals surface area contributed by atoms with Gasteiger partial charge in [-0.2, -0.15) is 0 Å². The summed E-state index contributed by atoms with van der Waals surface area (Å²) in [5, 5.41) is 8.77. The molecule has 0 aromatic heterocycles. The summed E-state index contributed by atoms with van der Waals surface area (Å²) in [6, 6.07) is 0. The lowest BCUT2D eigenvalue weighted by atomic mass is 9.88. The van der Waals surface area contributed by atoms with Crippen LogP contribution < -0.4 is 0 Å². The van der Waals surface area contributed by atoms with Crippen LogP contribution in [0, 0.1) is 11.8 Å². The first kappa shape index (κ1) is 17.0. The average molecular weight is 283 g/mol. The maximum Gasteiger partial charge on any atom is 0.323 e. The second-order valence-corrected chi connectivity index (χ2v) is 6.08. The predicted octanol–water partition coefficient (Wildman–Crippen LogP) is 3.31. The minimum Gasteiger partial charge on any atom is -0.480 e. The summed E-state index contributed by atoms with van der Waals surface area (Å²) in [5.74, 6) is -0.439. The molecule has 0 bridgehead atoms. The summed E-state index contributed by atoms with van der Waals surface area (Å²) in [6.07, 6.45) is 9.56. The lowest BCUT2D eigenvalue weighted by molar-refractivity contribution is -0.144. The van der Waals surface area contributed by atoms with Crippen LogP contribution in [0.5, 0.6) is 0 Å². The fourth-order valence-corrected chi connectivity index (χ4v) is 3.06. The summed E-state index contributed by atoms with van der Waals surface area (Å²) in [4.78, 5) is 24.3. The molecule has 2 atom stereocenters. The minimum atomic E-state index is -0.914. The SMILES string of the molecule is CCCCCCCCC(C)C1CCN(CC(=O)O)C1=O. The molecule has 0 radical (unpaired) electrons. The van der Waals surface area contributed by atoms with Gasteiger partial charge in [-0.1, -0.05) is 52.4 Å². The number of nitrogens with zero attached hydrogens (tertiary/aromatic N) is 1. The lowest BCUT2D eigenvalue weighted by Gasteiger charge is -2.19. The molecule has 1 aliphatic rings. The Bertz CT molecular complexity index is 317. The summed E-state index contributed by atoms with van der Waals surface area (Å²) >= 11 is 0. The van der Waals surface area contributed by atoms with Gasteiger partial charge in [0.1, 0.15) is 6.54 Å². The lowest BCUT2D eigenvalue weighted by Crippen LogP contribution is -2.33. The number of carbonyl (C=O) groups excluding carboxylic acids is 1. The number of rotatable bonds is 10.